The van der Waals surface area contributed by atoms with Crippen molar-refractivity contribution in [3.05, 3.63) is 113 Å². The van der Waals surface area contributed by atoms with Gasteiger partial charge in [0, 0.05) is 17.0 Å². The highest BCUT2D eigenvalue weighted by atomic mass is 35.5. The maximum atomic E-state index is 6.47. The number of hydrogen-bond acceptors (Lipinski definition) is 5. The SMILES string of the molecule is COc1ccc([C@H]2c3c(ccc4ccccc34)Oc3ncn4nc(-c5ccccc5Cl)nc4c32)cc1. The van der Waals surface area contributed by atoms with E-state index < -0.39 is 0 Å². The van der Waals surface area contributed by atoms with Crippen LogP contribution in [0.5, 0.6) is 17.4 Å². The molecule has 1 aliphatic heterocycles. The molecule has 0 fully saturated rings. The molecule has 3 heterocycles. The van der Waals surface area contributed by atoms with Gasteiger partial charge in [0.2, 0.25) is 5.88 Å². The Morgan fingerprint density at radius 2 is 1.69 bits per heavy atom. The average Bonchev–Trinajstić information content (AvgIpc) is 3.36. The molecule has 1 atom stereocenters. The van der Waals surface area contributed by atoms with Crippen LogP contribution in [0.3, 0.4) is 0 Å². The van der Waals surface area contributed by atoms with Crippen LogP contribution in [-0.2, 0) is 0 Å². The first-order chi connectivity index (χ1) is 17.7. The van der Waals surface area contributed by atoms with Crippen LogP contribution in [0, 0.1) is 0 Å². The lowest BCUT2D eigenvalue weighted by Gasteiger charge is -2.29. The van der Waals surface area contributed by atoms with Crippen molar-refractivity contribution in [2.24, 2.45) is 0 Å². The third-order valence-corrected chi connectivity index (χ3v) is 7.00. The molecule has 6 aromatic rings. The highest BCUT2D eigenvalue weighted by Crippen LogP contribution is 2.50. The van der Waals surface area contributed by atoms with E-state index >= 15 is 0 Å². The van der Waals surface area contributed by atoms with Crippen LogP contribution in [0.25, 0.3) is 27.8 Å². The van der Waals surface area contributed by atoms with Gasteiger partial charge in [0.15, 0.2) is 11.5 Å². The highest BCUT2D eigenvalue weighted by Gasteiger charge is 2.34. The number of ether oxygens (including phenoxy) is 2. The van der Waals surface area contributed by atoms with Crippen molar-refractivity contribution in [1.82, 2.24) is 19.6 Å². The quantitative estimate of drug-likeness (QED) is 0.270. The molecule has 7 rings (SSSR count). The molecule has 36 heavy (non-hydrogen) atoms. The Bertz CT molecular complexity index is 1780. The second kappa shape index (κ2) is 8.07. The number of methoxy groups -OCH3 is 1. The smallest absolute Gasteiger partial charge is 0.228 e. The average molecular weight is 491 g/mol. The Morgan fingerprint density at radius 1 is 0.889 bits per heavy atom. The second-order valence-electron chi connectivity index (χ2n) is 8.65. The molecule has 0 saturated carbocycles. The predicted molar refractivity (Wildman–Crippen MR) is 139 cm³/mol. The highest BCUT2D eigenvalue weighted by molar-refractivity contribution is 6.33. The van der Waals surface area contributed by atoms with Gasteiger partial charge in [-0.3, -0.25) is 0 Å². The Morgan fingerprint density at radius 3 is 2.53 bits per heavy atom. The molecule has 0 amide bonds. The number of rotatable bonds is 3. The first kappa shape index (κ1) is 20.9. The summed E-state index contributed by atoms with van der Waals surface area (Å²) in [6.07, 6.45) is 1.64. The number of hydrogen-bond donors (Lipinski definition) is 0. The zero-order chi connectivity index (χ0) is 24.2. The van der Waals surface area contributed by atoms with E-state index in [4.69, 9.17) is 31.2 Å². The standard InChI is InChI=1S/C29H19ClN4O2/c1-35-19-13-10-18(11-14-19)24-25-20-7-3-2-6-17(20)12-15-23(25)36-29-26(24)28-32-27(33-34(28)16-31-29)21-8-4-5-9-22(21)30/h2-16,24H,1H3/t24-/m0/s1. The number of fused-ring (bicyclic) bond motifs is 6. The molecule has 1 aliphatic rings. The van der Waals surface area contributed by atoms with Crippen molar-refractivity contribution in [2.75, 3.05) is 7.11 Å². The molecule has 0 N–H and O–H groups in total. The fourth-order valence-electron chi connectivity index (χ4n) is 4.99. The molecule has 4 aromatic carbocycles. The maximum Gasteiger partial charge on any atom is 0.228 e. The van der Waals surface area contributed by atoms with Crippen molar-refractivity contribution in [3.8, 4) is 28.8 Å². The molecule has 174 valence electrons. The van der Waals surface area contributed by atoms with Crippen molar-refractivity contribution in [1.29, 1.82) is 0 Å². The largest absolute Gasteiger partial charge is 0.497 e. The molecule has 2 aromatic heterocycles. The van der Waals surface area contributed by atoms with Crippen molar-refractivity contribution >= 4 is 28.0 Å². The third-order valence-electron chi connectivity index (χ3n) is 6.67. The van der Waals surface area contributed by atoms with E-state index in [9.17, 15) is 0 Å². The first-order valence-electron chi connectivity index (χ1n) is 11.5. The van der Waals surface area contributed by atoms with E-state index in [-0.39, 0.29) is 5.92 Å². The zero-order valence-corrected chi connectivity index (χ0v) is 20.0. The minimum Gasteiger partial charge on any atom is -0.497 e. The van der Waals surface area contributed by atoms with Crippen LogP contribution < -0.4 is 9.47 Å². The van der Waals surface area contributed by atoms with Crippen LogP contribution in [-0.4, -0.2) is 26.7 Å². The lowest BCUT2D eigenvalue weighted by Crippen LogP contribution is -2.15. The minimum absolute atomic E-state index is 0.180. The summed E-state index contributed by atoms with van der Waals surface area (Å²) in [7, 11) is 1.67. The monoisotopic (exact) mass is 490 g/mol. The molecular weight excluding hydrogens is 472 g/mol. The molecular formula is C29H19ClN4O2. The van der Waals surface area contributed by atoms with Crippen LogP contribution in [0.4, 0.5) is 0 Å². The fourth-order valence-corrected chi connectivity index (χ4v) is 5.21. The Labute approximate surface area is 211 Å². The summed E-state index contributed by atoms with van der Waals surface area (Å²) >= 11 is 6.47. The summed E-state index contributed by atoms with van der Waals surface area (Å²) in [5.74, 6) is 2.45. The van der Waals surface area contributed by atoms with E-state index in [2.05, 4.69) is 41.4 Å². The van der Waals surface area contributed by atoms with Gasteiger partial charge in [-0.2, -0.15) is 0 Å². The topological polar surface area (TPSA) is 61.5 Å². The van der Waals surface area contributed by atoms with E-state index in [0.717, 1.165) is 44.5 Å². The fraction of sp³-hybridized carbons (Fsp3) is 0.0690. The van der Waals surface area contributed by atoms with Gasteiger partial charge >= 0.3 is 0 Å². The van der Waals surface area contributed by atoms with E-state index in [1.54, 1.807) is 18.0 Å². The lowest BCUT2D eigenvalue weighted by atomic mass is 9.81. The predicted octanol–water partition coefficient (Wildman–Crippen LogP) is 6.89. The number of benzene rings is 4. The summed E-state index contributed by atoms with van der Waals surface area (Å²) < 4.78 is 13.5. The third kappa shape index (κ3) is 3.15. The normalized spacial score (nSPS) is 14.3. The van der Waals surface area contributed by atoms with Crippen molar-refractivity contribution < 1.29 is 9.47 Å². The number of halogens is 1. The maximum absolute atomic E-state index is 6.47. The van der Waals surface area contributed by atoms with Gasteiger partial charge in [-0.05, 0) is 46.7 Å². The molecule has 0 aliphatic carbocycles. The molecule has 7 heteroatoms. The molecule has 0 bridgehead atoms. The zero-order valence-electron chi connectivity index (χ0n) is 19.2. The Kier molecular flexibility index (Phi) is 4.69. The van der Waals surface area contributed by atoms with Crippen LogP contribution in [0.15, 0.2) is 91.3 Å². The number of aromatic nitrogens is 4. The molecule has 0 radical (unpaired) electrons. The van der Waals surface area contributed by atoms with Gasteiger partial charge in [-0.15, -0.1) is 5.10 Å². The van der Waals surface area contributed by atoms with Gasteiger partial charge in [0.25, 0.3) is 0 Å². The molecule has 0 unspecified atom stereocenters. The van der Waals surface area contributed by atoms with E-state index in [1.165, 1.54) is 0 Å². The minimum atomic E-state index is -0.180. The Balaban J connectivity index is 1.53. The van der Waals surface area contributed by atoms with Gasteiger partial charge < -0.3 is 9.47 Å². The van der Waals surface area contributed by atoms with Crippen molar-refractivity contribution in [2.45, 2.75) is 5.92 Å². The molecule has 0 saturated heterocycles. The summed E-state index contributed by atoms with van der Waals surface area (Å²) in [6.45, 7) is 0. The summed E-state index contributed by atoms with van der Waals surface area (Å²) in [5.41, 5.74) is 4.45. The molecule has 6 nitrogen and oxygen atoms in total. The van der Waals surface area contributed by atoms with Gasteiger partial charge in [-0.1, -0.05) is 66.2 Å². The number of nitrogens with zero attached hydrogens (tertiary/aromatic N) is 4. The molecule has 0 spiro atoms. The van der Waals surface area contributed by atoms with E-state index in [1.807, 2.05) is 48.5 Å². The lowest BCUT2D eigenvalue weighted by molar-refractivity contribution is 0.414. The van der Waals surface area contributed by atoms with E-state index in [0.29, 0.717) is 22.4 Å². The van der Waals surface area contributed by atoms with Gasteiger partial charge in [0.05, 0.1) is 17.7 Å². The summed E-state index contributed by atoms with van der Waals surface area (Å²) in [5, 5.41) is 7.56. The van der Waals surface area contributed by atoms with Crippen LogP contribution in [0.2, 0.25) is 5.02 Å². The Hall–Kier alpha value is -4.42. The summed E-state index contributed by atoms with van der Waals surface area (Å²) in [4.78, 5) is 9.59. The van der Waals surface area contributed by atoms with Crippen LogP contribution >= 0.6 is 11.6 Å². The van der Waals surface area contributed by atoms with Crippen LogP contribution in [0.1, 0.15) is 22.6 Å². The van der Waals surface area contributed by atoms with Gasteiger partial charge in [-0.25, -0.2) is 14.5 Å². The second-order valence-corrected chi connectivity index (χ2v) is 9.06. The first-order valence-corrected chi connectivity index (χ1v) is 11.9. The van der Waals surface area contributed by atoms with Gasteiger partial charge in [0.1, 0.15) is 17.8 Å². The van der Waals surface area contributed by atoms with Crippen molar-refractivity contribution in [3.63, 3.8) is 0 Å². The summed E-state index contributed by atoms with van der Waals surface area (Å²) in [6, 6.07) is 28.1.